The molecule has 3 aliphatic rings. The molecule has 0 bridgehead atoms. The summed E-state index contributed by atoms with van der Waals surface area (Å²) in [5.74, 6) is 1.69. The first-order valence-corrected chi connectivity index (χ1v) is 9.65. The normalized spacial score (nSPS) is 31.4. The summed E-state index contributed by atoms with van der Waals surface area (Å²) in [4.78, 5) is 4.74. The fraction of sp³-hybridized carbons (Fsp3) is 0.600. The van der Waals surface area contributed by atoms with Crippen LogP contribution in [-0.2, 0) is 0 Å². The minimum atomic E-state index is -0.146. The van der Waals surface area contributed by atoms with Crippen LogP contribution < -0.4 is 5.73 Å². The Balaban J connectivity index is 1.50. The molecule has 5 heteroatoms. The molecule has 0 saturated heterocycles. The van der Waals surface area contributed by atoms with Crippen LogP contribution in [0.2, 0.25) is 0 Å². The van der Waals surface area contributed by atoms with Gasteiger partial charge in [-0.05, 0) is 68.5 Å². The molecule has 0 aromatic carbocycles. The summed E-state index contributed by atoms with van der Waals surface area (Å²) in [7, 11) is 0. The zero-order valence-corrected chi connectivity index (χ0v) is 14.5. The maximum Gasteiger partial charge on any atom is 0.0771 e. The topological polar surface area (TPSA) is 77.0 Å². The van der Waals surface area contributed by atoms with Gasteiger partial charge >= 0.3 is 0 Å². The van der Waals surface area contributed by atoms with Crippen LogP contribution in [0.3, 0.4) is 0 Å². The van der Waals surface area contributed by atoms with Gasteiger partial charge in [0.05, 0.1) is 23.5 Å². The molecule has 25 heavy (non-hydrogen) atoms. The van der Waals surface area contributed by atoms with Gasteiger partial charge in [-0.25, -0.2) is 0 Å². The van der Waals surface area contributed by atoms with Crippen LogP contribution in [0.1, 0.15) is 67.7 Å². The summed E-state index contributed by atoms with van der Waals surface area (Å²) in [5.41, 5.74) is 10.6. The quantitative estimate of drug-likeness (QED) is 0.879. The van der Waals surface area contributed by atoms with Gasteiger partial charge in [0.15, 0.2) is 0 Å². The largest absolute Gasteiger partial charge is 0.393 e. The Morgan fingerprint density at radius 1 is 1.16 bits per heavy atom. The Morgan fingerprint density at radius 3 is 2.64 bits per heavy atom. The molecule has 0 radical (unpaired) electrons. The first kappa shape index (κ1) is 15.5. The molecule has 3 N–H and O–H groups in total. The van der Waals surface area contributed by atoms with Crippen LogP contribution in [0, 0.1) is 5.92 Å². The van der Waals surface area contributed by atoms with Crippen molar-refractivity contribution >= 4 is 0 Å². The number of pyridine rings is 1. The molecule has 2 aromatic heterocycles. The maximum atomic E-state index is 9.71. The van der Waals surface area contributed by atoms with Crippen LogP contribution in [0.5, 0.6) is 0 Å². The van der Waals surface area contributed by atoms with Gasteiger partial charge in [0.1, 0.15) is 0 Å². The van der Waals surface area contributed by atoms with Gasteiger partial charge in [-0.2, -0.15) is 5.10 Å². The fourth-order valence-corrected chi connectivity index (χ4v) is 4.36. The van der Waals surface area contributed by atoms with Crippen molar-refractivity contribution in [3.05, 3.63) is 35.8 Å². The van der Waals surface area contributed by atoms with E-state index in [0.717, 1.165) is 37.9 Å². The van der Waals surface area contributed by atoms with E-state index in [1.54, 1.807) is 0 Å². The summed E-state index contributed by atoms with van der Waals surface area (Å²) in [6.07, 6.45) is 10.4. The Labute approximate surface area is 148 Å². The van der Waals surface area contributed by atoms with E-state index in [0.29, 0.717) is 23.8 Å². The van der Waals surface area contributed by atoms with E-state index in [-0.39, 0.29) is 6.10 Å². The summed E-state index contributed by atoms with van der Waals surface area (Å²) < 4.78 is 2.18. The lowest BCUT2D eigenvalue weighted by Crippen LogP contribution is -2.32. The molecule has 5 rings (SSSR count). The van der Waals surface area contributed by atoms with Crippen LogP contribution in [0.15, 0.2) is 24.5 Å². The molecule has 3 saturated carbocycles. The number of rotatable bonds is 5. The second-order valence-corrected chi connectivity index (χ2v) is 8.17. The Bertz CT molecular complexity index is 770. The van der Waals surface area contributed by atoms with Crippen LogP contribution in [0.4, 0.5) is 0 Å². The number of nitrogens with two attached hydrogens (primary N) is 1. The second kappa shape index (κ2) is 5.92. The first-order valence-electron chi connectivity index (χ1n) is 9.65. The van der Waals surface area contributed by atoms with Crippen LogP contribution in [-0.4, -0.2) is 32.5 Å². The van der Waals surface area contributed by atoms with E-state index in [4.69, 9.17) is 15.8 Å². The molecule has 5 nitrogen and oxygen atoms in total. The van der Waals surface area contributed by atoms with Gasteiger partial charge in [0.2, 0.25) is 0 Å². The molecule has 0 unspecified atom stereocenters. The molecule has 2 heterocycles. The minimum Gasteiger partial charge on any atom is -0.393 e. The highest BCUT2D eigenvalue weighted by atomic mass is 16.3. The van der Waals surface area contributed by atoms with Crippen molar-refractivity contribution in [2.24, 2.45) is 11.7 Å². The summed E-state index contributed by atoms with van der Waals surface area (Å²) in [5, 5.41) is 14.7. The number of hydrogen-bond acceptors (Lipinski definition) is 4. The van der Waals surface area contributed by atoms with Crippen LogP contribution in [0.25, 0.3) is 11.3 Å². The third-order valence-corrected chi connectivity index (χ3v) is 6.29. The molecule has 0 spiro atoms. The predicted molar refractivity (Wildman–Crippen MR) is 96.2 cm³/mol. The third-order valence-electron chi connectivity index (χ3n) is 6.29. The van der Waals surface area contributed by atoms with E-state index in [9.17, 15) is 5.11 Å². The summed E-state index contributed by atoms with van der Waals surface area (Å²) in [6.45, 7) is 0.786. The molecule has 2 aromatic rings. The van der Waals surface area contributed by atoms with Crippen LogP contribution >= 0.6 is 0 Å². The summed E-state index contributed by atoms with van der Waals surface area (Å²) in [6, 6.07) is 4.70. The van der Waals surface area contributed by atoms with E-state index in [1.165, 1.54) is 29.7 Å². The van der Waals surface area contributed by atoms with Gasteiger partial charge in [-0.3, -0.25) is 9.67 Å². The van der Waals surface area contributed by atoms with Gasteiger partial charge in [0.25, 0.3) is 0 Å². The molecule has 0 amide bonds. The van der Waals surface area contributed by atoms with E-state index < -0.39 is 0 Å². The predicted octanol–water partition coefficient (Wildman–Crippen LogP) is 2.97. The number of aromatic nitrogens is 3. The van der Waals surface area contributed by atoms with Crippen molar-refractivity contribution in [3.8, 4) is 11.3 Å². The maximum absolute atomic E-state index is 9.71. The van der Waals surface area contributed by atoms with Crippen molar-refractivity contribution < 1.29 is 5.11 Å². The second-order valence-electron chi connectivity index (χ2n) is 8.17. The van der Waals surface area contributed by atoms with Gasteiger partial charge < -0.3 is 10.8 Å². The standard InChI is InChI=1S/C20H26N4O/c21-10-12-6-15(7-12)24-11-18(19(23-24)13-3-4-13)20-17(2-1-5-22-20)14-8-16(25)9-14/h1-2,5,11-16,25H,3-4,6-10,21H2. The van der Waals surface area contributed by atoms with Crippen molar-refractivity contribution in [2.75, 3.05) is 6.54 Å². The van der Waals surface area contributed by atoms with E-state index in [1.807, 2.05) is 12.3 Å². The summed E-state index contributed by atoms with van der Waals surface area (Å²) >= 11 is 0. The lowest BCUT2D eigenvalue weighted by atomic mass is 9.76. The number of aliphatic hydroxyl groups is 1. The Morgan fingerprint density at radius 2 is 1.96 bits per heavy atom. The Hall–Kier alpha value is -1.72. The monoisotopic (exact) mass is 338 g/mol. The molecular weight excluding hydrogens is 312 g/mol. The van der Waals surface area contributed by atoms with E-state index in [2.05, 4.69) is 16.9 Å². The first-order chi connectivity index (χ1) is 12.2. The van der Waals surface area contributed by atoms with Gasteiger partial charge in [-0.15, -0.1) is 0 Å². The van der Waals surface area contributed by atoms with Crippen molar-refractivity contribution in [1.29, 1.82) is 0 Å². The van der Waals surface area contributed by atoms with E-state index >= 15 is 0 Å². The molecule has 3 aliphatic carbocycles. The van der Waals surface area contributed by atoms with Gasteiger partial charge in [-0.1, -0.05) is 6.07 Å². The average Bonchev–Trinajstić information content (AvgIpc) is 3.31. The molecular formula is C20H26N4O. The van der Waals surface area contributed by atoms with Crippen molar-refractivity contribution in [2.45, 2.75) is 62.5 Å². The zero-order chi connectivity index (χ0) is 17.0. The SMILES string of the molecule is NCC1CC(n2cc(-c3ncccc3C3CC(O)C3)c(C3CC3)n2)C1. The smallest absolute Gasteiger partial charge is 0.0771 e. The van der Waals surface area contributed by atoms with Crippen molar-refractivity contribution in [1.82, 2.24) is 14.8 Å². The highest BCUT2D eigenvalue weighted by Crippen LogP contribution is 2.47. The lowest BCUT2D eigenvalue weighted by molar-refractivity contribution is 0.0747. The number of nitrogens with zero attached hydrogens (tertiary/aromatic N) is 3. The molecule has 0 aliphatic heterocycles. The highest BCUT2D eigenvalue weighted by Gasteiger charge is 2.36. The number of aliphatic hydroxyl groups excluding tert-OH is 1. The minimum absolute atomic E-state index is 0.146. The zero-order valence-electron chi connectivity index (χ0n) is 14.5. The molecule has 0 atom stereocenters. The Kier molecular flexibility index (Phi) is 3.68. The fourth-order valence-electron chi connectivity index (χ4n) is 4.36. The highest BCUT2D eigenvalue weighted by molar-refractivity contribution is 5.67. The van der Waals surface area contributed by atoms with Crippen molar-refractivity contribution in [3.63, 3.8) is 0 Å². The number of hydrogen-bond donors (Lipinski definition) is 2. The average molecular weight is 338 g/mol. The lowest BCUT2D eigenvalue weighted by Gasteiger charge is -2.34. The van der Waals surface area contributed by atoms with Gasteiger partial charge in [0, 0.05) is 23.9 Å². The molecule has 132 valence electrons. The third kappa shape index (κ3) is 2.70. The molecule has 3 fully saturated rings.